The summed E-state index contributed by atoms with van der Waals surface area (Å²) < 4.78 is 5.77. The molecule has 0 aliphatic carbocycles. The van der Waals surface area contributed by atoms with Crippen LogP contribution in [-0.2, 0) is 0 Å². The summed E-state index contributed by atoms with van der Waals surface area (Å²) in [4.78, 5) is 15.0. The van der Waals surface area contributed by atoms with Crippen molar-refractivity contribution in [1.29, 1.82) is 0 Å². The Morgan fingerprint density at radius 2 is 1.79 bits per heavy atom. The van der Waals surface area contributed by atoms with E-state index in [1.807, 2.05) is 32.9 Å². The van der Waals surface area contributed by atoms with Gasteiger partial charge in [0.15, 0.2) is 6.29 Å². The number of pyridine rings is 1. The number of carbonyl (C=O) groups excluding carboxylic acids is 1. The number of carbonyl (C=O) groups is 1. The monoisotopic (exact) mass is 275 g/mol. The van der Waals surface area contributed by atoms with Gasteiger partial charge in [0, 0.05) is 0 Å². The van der Waals surface area contributed by atoms with E-state index in [9.17, 15) is 4.79 Å². The third-order valence-corrected chi connectivity index (χ3v) is 3.00. The van der Waals surface area contributed by atoms with Gasteiger partial charge in [0.2, 0.25) is 5.88 Å². The van der Waals surface area contributed by atoms with E-state index < -0.39 is 0 Å². The van der Waals surface area contributed by atoms with Crippen LogP contribution in [0.4, 0.5) is 0 Å². The number of ether oxygens (including phenoxy) is 1. The quantitative estimate of drug-likeness (QED) is 0.620. The summed E-state index contributed by atoms with van der Waals surface area (Å²) in [6, 6.07) is 7.20. The smallest absolute Gasteiger partial charge is 0.231 e. The third kappa shape index (κ3) is 2.93. The van der Waals surface area contributed by atoms with Crippen molar-refractivity contribution in [3.63, 3.8) is 0 Å². The van der Waals surface area contributed by atoms with Crippen LogP contribution in [0.25, 0.3) is 0 Å². The van der Waals surface area contributed by atoms with Crippen molar-refractivity contribution < 1.29 is 9.53 Å². The largest absolute Gasteiger partial charge is 0.438 e. The normalized spacial score (nSPS) is 10.3. The lowest BCUT2D eigenvalue weighted by atomic mass is 10.1. The molecule has 4 heteroatoms. The lowest BCUT2D eigenvalue weighted by Crippen LogP contribution is -1.98. The number of rotatable bonds is 3. The van der Waals surface area contributed by atoms with Gasteiger partial charge < -0.3 is 4.74 Å². The Balaban J connectivity index is 2.47. The molecule has 0 radical (unpaired) electrons. The zero-order valence-electron chi connectivity index (χ0n) is 11.0. The minimum Gasteiger partial charge on any atom is -0.438 e. The van der Waals surface area contributed by atoms with E-state index in [1.165, 1.54) is 0 Å². The van der Waals surface area contributed by atoms with Crippen LogP contribution in [0.1, 0.15) is 27.0 Å². The van der Waals surface area contributed by atoms with Crippen LogP contribution in [0, 0.1) is 20.8 Å². The molecule has 0 aliphatic rings. The molecular weight excluding hydrogens is 262 g/mol. The fourth-order valence-corrected chi connectivity index (χ4v) is 2.16. The van der Waals surface area contributed by atoms with Crippen molar-refractivity contribution in [3.05, 3.63) is 51.7 Å². The van der Waals surface area contributed by atoms with Crippen LogP contribution in [0.2, 0.25) is 5.15 Å². The fourth-order valence-electron chi connectivity index (χ4n) is 2.02. The molecule has 0 N–H and O–H groups in total. The highest BCUT2D eigenvalue weighted by Crippen LogP contribution is 2.30. The van der Waals surface area contributed by atoms with Crippen molar-refractivity contribution in [3.8, 4) is 11.6 Å². The van der Waals surface area contributed by atoms with Gasteiger partial charge in [0.1, 0.15) is 10.9 Å². The highest BCUT2D eigenvalue weighted by molar-refractivity contribution is 6.29. The Kier molecular flexibility index (Phi) is 3.86. The molecule has 1 aromatic carbocycles. The molecule has 0 saturated heterocycles. The first-order valence-corrected chi connectivity index (χ1v) is 6.26. The summed E-state index contributed by atoms with van der Waals surface area (Å²) in [5, 5.41) is 0.294. The summed E-state index contributed by atoms with van der Waals surface area (Å²) in [6.07, 6.45) is 0.706. The topological polar surface area (TPSA) is 39.2 Å². The summed E-state index contributed by atoms with van der Waals surface area (Å²) >= 11 is 5.84. The number of nitrogens with zero attached hydrogens (tertiary/aromatic N) is 1. The highest BCUT2D eigenvalue weighted by atomic mass is 35.5. The fraction of sp³-hybridized carbons (Fsp3) is 0.200. The summed E-state index contributed by atoms with van der Waals surface area (Å²) in [5.74, 6) is 0.945. The number of aldehydes is 1. The van der Waals surface area contributed by atoms with Gasteiger partial charge in [-0.15, -0.1) is 0 Å². The number of hydrogen-bond donors (Lipinski definition) is 0. The van der Waals surface area contributed by atoms with E-state index in [-0.39, 0.29) is 5.88 Å². The standard InChI is InChI=1S/C15H14ClNO2/c1-9-6-10(2)14(11(3)7-9)19-15-12(8-18)4-5-13(16)17-15/h4-8H,1-3H3. The molecule has 2 rings (SSSR count). The number of aryl methyl sites for hydroxylation is 3. The molecule has 0 amide bonds. The molecule has 98 valence electrons. The van der Waals surface area contributed by atoms with Crippen LogP contribution < -0.4 is 4.74 Å². The second kappa shape index (κ2) is 5.41. The van der Waals surface area contributed by atoms with Crippen molar-refractivity contribution in [2.24, 2.45) is 0 Å². The molecule has 0 fully saturated rings. The lowest BCUT2D eigenvalue weighted by molar-refractivity contribution is 0.112. The zero-order valence-corrected chi connectivity index (χ0v) is 11.8. The molecule has 0 unspecified atom stereocenters. The summed E-state index contributed by atoms with van der Waals surface area (Å²) in [7, 11) is 0. The van der Waals surface area contributed by atoms with Gasteiger partial charge in [0.25, 0.3) is 0 Å². The first kappa shape index (κ1) is 13.6. The van der Waals surface area contributed by atoms with E-state index in [0.29, 0.717) is 22.8 Å². The van der Waals surface area contributed by atoms with Crippen LogP contribution in [0.15, 0.2) is 24.3 Å². The van der Waals surface area contributed by atoms with E-state index in [2.05, 4.69) is 4.98 Å². The van der Waals surface area contributed by atoms with Gasteiger partial charge in [-0.3, -0.25) is 4.79 Å². The van der Waals surface area contributed by atoms with Gasteiger partial charge in [-0.25, -0.2) is 4.98 Å². The molecule has 0 bridgehead atoms. The van der Waals surface area contributed by atoms with Crippen LogP contribution in [0.5, 0.6) is 11.6 Å². The first-order valence-electron chi connectivity index (χ1n) is 5.88. The Bertz CT molecular complexity index is 615. The highest BCUT2D eigenvalue weighted by Gasteiger charge is 2.11. The Morgan fingerprint density at radius 3 is 2.37 bits per heavy atom. The number of aromatic nitrogens is 1. The van der Waals surface area contributed by atoms with Crippen molar-refractivity contribution in [2.45, 2.75) is 20.8 Å². The lowest BCUT2D eigenvalue weighted by Gasteiger charge is -2.13. The van der Waals surface area contributed by atoms with E-state index in [4.69, 9.17) is 16.3 Å². The van der Waals surface area contributed by atoms with Gasteiger partial charge >= 0.3 is 0 Å². The molecule has 2 aromatic rings. The minimum atomic E-state index is 0.234. The molecule has 0 spiro atoms. The molecule has 1 heterocycles. The SMILES string of the molecule is Cc1cc(C)c(Oc2nc(Cl)ccc2C=O)c(C)c1. The number of halogens is 1. The van der Waals surface area contributed by atoms with Crippen molar-refractivity contribution >= 4 is 17.9 Å². The minimum absolute atomic E-state index is 0.234. The van der Waals surface area contributed by atoms with Crippen LogP contribution in [0.3, 0.4) is 0 Å². The van der Waals surface area contributed by atoms with E-state index >= 15 is 0 Å². The average Bonchev–Trinajstić information content (AvgIpc) is 2.34. The second-order valence-corrected chi connectivity index (χ2v) is 4.86. The predicted octanol–water partition coefficient (Wildman–Crippen LogP) is 4.27. The maximum atomic E-state index is 11.0. The molecule has 1 aromatic heterocycles. The van der Waals surface area contributed by atoms with Crippen molar-refractivity contribution in [2.75, 3.05) is 0 Å². The number of benzene rings is 1. The van der Waals surface area contributed by atoms with E-state index in [0.717, 1.165) is 16.7 Å². The van der Waals surface area contributed by atoms with Crippen LogP contribution in [-0.4, -0.2) is 11.3 Å². The maximum absolute atomic E-state index is 11.0. The van der Waals surface area contributed by atoms with Crippen molar-refractivity contribution in [1.82, 2.24) is 4.98 Å². The third-order valence-electron chi connectivity index (χ3n) is 2.79. The maximum Gasteiger partial charge on any atom is 0.231 e. The zero-order chi connectivity index (χ0) is 14.0. The molecule has 0 aliphatic heterocycles. The van der Waals surface area contributed by atoms with Gasteiger partial charge in [-0.05, 0) is 44.0 Å². The van der Waals surface area contributed by atoms with Gasteiger partial charge in [-0.2, -0.15) is 0 Å². The summed E-state index contributed by atoms with van der Waals surface area (Å²) in [5.41, 5.74) is 3.54. The van der Waals surface area contributed by atoms with Crippen LogP contribution >= 0.6 is 11.6 Å². The predicted molar refractivity (Wildman–Crippen MR) is 75.4 cm³/mol. The molecule has 0 atom stereocenters. The summed E-state index contributed by atoms with van der Waals surface area (Å²) in [6.45, 7) is 5.94. The molecule has 0 saturated carbocycles. The Hall–Kier alpha value is -1.87. The average molecular weight is 276 g/mol. The Morgan fingerprint density at radius 1 is 1.16 bits per heavy atom. The first-order chi connectivity index (χ1) is 9.01. The Labute approximate surface area is 117 Å². The van der Waals surface area contributed by atoms with E-state index in [1.54, 1.807) is 12.1 Å². The second-order valence-electron chi connectivity index (χ2n) is 4.48. The molecule has 3 nitrogen and oxygen atoms in total. The van der Waals surface area contributed by atoms with Gasteiger partial charge in [-0.1, -0.05) is 29.3 Å². The molecule has 19 heavy (non-hydrogen) atoms. The molecular formula is C15H14ClNO2. The van der Waals surface area contributed by atoms with Gasteiger partial charge in [0.05, 0.1) is 5.56 Å². The number of hydrogen-bond acceptors (Lipinski definition) is 3.